The van der Waals surface area contributed by atoms with Crippen molar-refractivity contribution >= 4 is 5.57 Å². The van der Waals surface area contributed by atoms with E-state index in [9.17, 15) is 13.2 Å². The summed E-state index contributed by atoms with van der Waals surface area (Å²) in [4.78, 5) is 4.46. The third kappa shape index (κ3) is 3.63. The maximum Gasteiger partial charge on any atom is 0.417 e. The Balaban J connectivity index is 2.13. The molecule has 2 aliphatic rings. The Hall–Kier alpha value is -1.52. The van der Waals surface area contributed by atoms with Crippen LogP contribution < -0.4 is 4.74 Å². The van der Waals surface area contributed by atoms with Crippen LogP contribution in [0.3, 0.4) is 0 Å². The van der Waals surface area contributed by atoms with Gasteiger partial charge in [0.1, 0.15) is 5.75 Å². The molecule has 3 rings (SSSR count). The molecule has 0 radical (unpaired) electrons. The van der Waals surface area contributed by atoms with Crippen molar-refractivity contribution in [3.05, 3.63) is 29.6 Å². The number of hydrogen-bond acceptors (Lipinski definition) is 2. The average molecular weight is 367 g/mol. The fraction of sp³-hybridized carbons (Fsp3) is 0.667. The summed E-state index contributed by atoms with van der Waals surface area (Å²) >= 11 is 0. The number of halogens is 3. The molecule has 1 aromatic heterocycles. The molecule has 26 heavy (non-hydrogen) atoms. The van der Waals surface area contributed by atoms with E-state index >= 15 is 0 Å². The fourth-order valence-electron chi connectivity index (χ4n) is 3.99. The second kappa shape index (κ2) is 6.90. The molecule has 0 N–H and O–H groups in total. The molecule has 0 aromatic carbocycles. The topological polar surface area (TPSA) is 22.1 Å². The summed E-state index contributed by atoms with van der Waals surface area (Å²) in [5.41, 5.74) is 0.504. The zero-order chi connectivity index (χ0) is 19.1. The fourth-order valence-corrected chi connectivity index (χ4v) is 3.99. The van der Waals surface area contributed by atoms with Crippen molar-refractivity contribution in [3.63, 3.8) is 0 Å². The maximum atomic E-state index is 13.3. The van der Waals surface area contributed by atoms with Gasteiger partial charge < -0.3 is 4.74 Å². The SMILES string of the molecule is C=C(c1cc2c(c(C3CCCCCC3)n1)OCC(C)(C)C2C)C(F)(F)F. The van der Waals surface area contributed by atoms with E-state index in [0.29, 0.717) is 12.3 Å². The zero-order valence-electron chi connectivity index (χ0n) is 15.9. The summed E-state index contributed by atoms with van der Waals surface area (Å²) in [6, 6.07) is 1.55. The normalized spacial score (nSPS) is 23.7. The molecule has 0 spiro atoms. The van der Waals surface area contributed by atoms with Crippen LogP contribution in [-0.2, 0) is 0 Å². The molecule has 0 bridgehead atoms. The van der Waals surface area contributed by atoms with Gasteiger partial charge in [0, 0.05) is 16.9 Å². The molecule has 5 heteroatoms. The number of alkyl halides is 3. The Kier molecular flexibility index (Phi) is 5.11. The number of aromatic nitrogens is 1. The van der Waals surface area contributed by atoms with E-state index in [2.05, 4.69) is 32.3 Å². The third-order valence-electron chi connectivity index (χ3n) is 6.15. The summed E-state index contributed by atoms with van der Waals surface area (Å²) in [7, 11) is 0. The Labute approximate surface area is 153 Å². The van der Waals surface area contributed by atoms with Gasteiger partial charge in [0.25, 0.3) is 0 Å². The first-order valence-electron chi connectivity index (χ1n) is 9.55. The standard InChI is InChI=1S/C21H28F3NO/c1-13-16-11-17(14(2)21(22,23)24)25-18(15-9-7-5-6-8-10-15)19(16)26-12-20(13,3)4/h11,13,15H,2,5-10,12H2,1,3-4H3. The molecule has 1 aliphatic carbocycles. The maximum absolute atomic E-state index is 13.3. The number of ether oxygens (including phenoxy) is 1. The monoisotopic (exact) mass is 367 g/mol. The molecule has 1 saturated carbocycles. The van der Waals surface area contributed by atoms with Gasteiger partial charge in [0.05, 0.1) is 23.6 Å². The molecular formula is C21H28F3NO. The summed E-state index contributed by atoms with van der Waals surface area (Å²) in [6.07, 6.45) is 1.98. The minimum atomic E-state index is -4.48. The molecule has 1 unspecified atom stereocenters. The minimum Gasteiger partial charge on any atom is -0.491 e. The predicted molar refractivity (Wildman–Crippen MR) is 97.5 cm³/mol. The lowest BCUT2D eigenvalue weighted by molar-refractivity contribution is -0.0689. The van der Waals surface area contributed by atoms with Crippen LogP contribution in [-0.4, -0.2) is 17.8 Å². The highest BCUT2D eigenvalue weighted by Crippen LogP contribution is 2.49. The predicted octanol–water partition coefficient (Wildman–Crippen LogP) is 6.62. The quantitative estimate of drug-likeness (QED) is 0.548. The first-order valence-corrected chi connectivity index (χ1v) is 9.55. The first-order chi connectivity index (χ1) is 12.1. The van der Waals surface area contributed by atoms with Crippen LogP contribution in [0.5, 0.6) is 5.75 Å². The van der Waals surface area contributed by atoms with Crippen LogP contribution in [0, 0.1) is 5.41 Å². The number of nitrogens with zero attached hydrogens (tertiary/aromatic N) is 1. The van der Waals surface area contributed by atoms with Crippen LogP contribution in [0.25, 0.3) is 5.57 Å². The smallest absolute Gasteiger partial charge is 0.417 e. The van der Waals surface area contributed by atoms with Gasteiger partial charge >= 0.3 is 6.18 Å². The molecule has 1 fully saturated rings. The number of fused-ring (bicyclic) bond motifs is 1. The Morgan fingerprint density at radius 2 is 1.81 bits per heavy atom. The second-order valence-corrected chi connectivity index (χ2v) is 8.47. The Morgan fingerprint density at radius 1 is 1.19 bits per heavy atom. The van der Waals surface area contributed by atoms with Gasteiger partial charge in [0.15, 0.2) is 0 Å². The first kappa shape index (κ1) is 19.2. The van der Waals surface area contributed by atoms with Crippen molar-refractivity contribution in [2.24, 2.45) is 5.41 Å². The van der Waals surface area contributed by atoms with E-state index in [4.69, 9.17) is 4.74 Å². The number of pyridine rings is 1. The molecule has 144 valence electrons. The highest BCUT2D eigenvalue weighted by atomic mass is 19.4. The lowest BCUT2D eigenvalue weighted by atomic mass is 9.74. The highest BCUT2D eigenvalue weighted by Gasteiger charge is 2.40. The second-order valence-electron chi connectivity index (χ2n) is 8.47. The van der Waals surface area contributed by atoms with E-state index in [1.165, 1.54) is 12.8 Å². The van der Waals surface area contributed by atoms with Crippen molar-refractivity contribution in [3.8, 4) is 5.75 Å². The molecule has 1 atom stereocenters. The van der Waals surface area contributed by atoms with E-state index in [1.54, 1.807) is 6.07 Å². The largest absolute Gasteiger partial charge is 0.491 e. The van der Waals surface area contributed by atoms with Crippen molar-refractivity contribution in [1.29, 1.82) is 0 Å². The van der Waals surface area contributed by atoms with Gasteiger partial charge in [-0.1, -0.05) is 53.0 Å². The summed E-state index contributed by atoms with van der Waals surface area (Å²) in [5, 5.41) is 0. The van der Waals surface area contributed by atoms with Crippen molar-refractivity contribution < 1.29 is 17.9 Å². The van der Waals surface area contributed by atoms with Crippen molar-refractivity contribution in [1.82, 2.24) is 4.98 Å². The average Bonchev–Trinajstić information content (AvgIpc) is 2.85. The molecular weight excluding hydrogens is 339 g/mol. The van der Waals surface area contributed by atoms with Crippen LogP contribution in [0.2, 0.25) is 0 Å². The van der Waals surface area contributed by atoms with Gasteiger partial charge in [-0.05, 0) is 24.8 Å². The zero-order valence-corrected chi connectivity index (χ0v) is 15.9. The lowest BCUT2D eigenvalue weighted by Gasteiger charge is -2.39. The third-order valence-corrected chi connectivity index (χ3v) is 6.15. The van der Waals surface area contributed by atoms with Gasteiger partial charge in [-0.2, -0.15) is 13.2 Å². The van der Waals surface area contributed by atoms with Crippen LogP contribution in [0.4, 0.5) is 13.2 Å². The molecule has 0 amide bonds. The van der Waals surface area contributed by atoms with Crippen molar-refractivity contribution in [2.75, 3.05) is 6.61 Å². The summed E-state index contributed by atoms with van der Waals surface area (Å²) < 4.78 is 45.9. The van der Waals surface area contributed by atoms with Crippen LogP contribution in [0.1, 0.15) is 88.1 Å². The van der Waals surface area contributed by atoms with E-state index in [1.807, 2.05) is 0 Å². The van der Waals surface area contributed by atoms with E-state index in [-0.39, 0.29) is 22.9 Å². The van der Waals surface area contributed by atoms with Gasteiger partial charge in [-0.3, -0.25) is 0 Å². The minimum absolute atomic E-state index is 0.0522. The molecule has 1 aromatic rings. The van der Waals surface area contributed by atoms with Gasteiger partial charge in [0.2, 0.25) is 0 Å². The number of hydrogen-bond donors (Lipinski definition) is 0. The Morgan fingerprint density at radius 3 is 2.38 bits per heavy atom. The van der Waals surface area contributed by atoms with Gasteiger partial charge in [-0.15, -0.1) is 0 Å². The van der Waals surface area contributed by atoms with E-state index < -0.39 is 11.7 Å². The molecule has 1 aliphatic heterocycles. The number of allylic oxidation sites excluding steroid dienone is 1. The lowest BCUT2D eigenvalue weighted by Crippen LogP contribution is -2.33. The summed E-state index contributed by atoms with van der Waals surface area (Å²) in [5.74, 6) is 0.988. The molecule has 2 nitrogen and oxygen atoms in total. The Bertz CT molecular complexity index is 685. The molecule has 0 saturated heterocycles. The van der Waals surface area contributed by atoms with Crippen LogP contribution in [0.15, 0.2) is 12.6 Å². The van der Waals surface area contributed by atoms with E-state index in [0.717, 1.165) is 37.0 Å². The van der Waals surface area contributed by atoms with Gasteiger partial charge in [-0.25, -0.2) is 4.98 Å². The number of rotatable bonds is 2. The van der Waals surface area contributed by atoms with Crippen molar-refractivity contribution in [2.45, 2.75) is 77.3 Å². The molecule has 2 heterocycles. The highest BCUT2D eigenvalue weighted by molar-refractivity contribution is 5.67. The van der Waals surface area contributed by atoms with Crippen LogP contribution >= 0.6 is 0 Å². The summed E-state index contributed by atoms with van der Waals surface area (Å²) in [6.45, 7) is 10.1.